The third-order valence-electron chi connectivity index (χ3n) is 3.19. The number of hydrogen-bond donors (Lipinski definition) is 1. The zero-order chi connectivity index (χ0) is 15.4. The van der Waals surface area contributed by atoms with Crippen molar-refractivity contribution >= 4 is 5.82 Å². The lowest BCUT2D eigenvalue weighted by molar-refractivity contribution is 0.356. The van der Waals surface area contributed by atoms with Gasteiger partial charge in [-0.1, -0.05) is 19.9 Å². The molecule has 0 radical (unpaired) electrons. The zero-order valence-corrected chi connectivity index (χ0v) is 13.1. The van der Waals surface area contributed by atoms with Crippen LogP contribution in [0.15, 0.2) is 24.3 Å². The van der Waals surface area contributed by atoms with Gasteiger partial charge in [0.05, 0.1) is 19.9 Å². The Kier molecular flexibility index (Phi) is 4.62. The Morgan fingerprint density at radius 3 is 2.43 bits per heavy atom. The SMILES string of the molecule is CNc1cc(-c2cccc(OC)c2OC)nc(C(C)C)n1. The minimum atomic E-state index is 0.244. The third kappa shape index (κ3) is 3.07. The molecule has 0 unspecified atom stereocenters. The van der Waals surface area contributed by atoms with E-state index in [9.17, 15) is 0 Å². The van der Waals surface area contributed by atoms with Crippen molar-refractivity contribution in [2.75, 3.05) is 26.6 Å². The van der Waals surface area contributed by atoms with E-state index in [-0.39, 0.29) is 5.92 Å². The first kappa shape index (κ1) is 15.1. The molecule has 0 saturated carbocycles. The largest absolute Gasteiger partial charge is 0.493 e. The van der Waals surface area contributed by atoms with Gasteiger partial charge < -0.3 is 14.8 Å². The number of aromatic nitrogens is 2. The van der Waals surface area contributed by atoms with Crippen LogP contribution in [0.1, 0.15) is 25.6 Å². The van der Waals surface area contributed by atoms with Crippen molar-refractivity contribution in [1.29, 1.82) is 0 Å². The highest BCUT2D eigenvalue weighted by atomic mass is 16.5. The van der Waals surface area contributed by atoms with Crippen LogP contribution in [-0.2, 0) is 0 Å². The number of anilines is 1. The summed E-state index contributed by atoms with van der Waals surface area (Å²) in [5.74, 6) is 3.19. The van der Waals surface area contributed by atoms with E-state index in [0.29, 0.717) is 11.5 Å². The molecule has 0 amide bonds. The number of benzene rings is 1. The van der Waals surface area contributed by atoms with Gasteiger partial charge in [-0.15, -0.1) is 0 Å². The minimum absolute atomic E-state index is 0.244. The molecular formula is C16H21N3O2. The van der Waals surface area contributed by atoms with Crippen LogP contribution in [0.5, 0.6) is 11.5 Å². The summed E-state index contributed by atoms with van der Waals surface area (Å²) < 4.78 is 10.8. The summed E-state index contributed by atoms with van der Waals surface area (Å²) in [7, 11) is 5.10. The van der Waals surface area contributed by atoms with E-state index >= 15 is 0 Å². The summed E-state index contributed by atoms with van der Waals surface area (Å²) in [6, 6.07) is 7.66. The molecule has 0 bridgehead atoms. The van der Waals surface area contributed by atoms with Crippen LogP contribution in [0.3, 0.4) is 0 Å². The van der Waals surface area contributed by atoms with Gasteiger partial charge in [0.2, 0.25) is 0 Å². The highest BCUT2D eigenvalue weighted by Gasteiger charge is 2.15. The molecule has 1 heterocycles. The summed E-state index contributed by atoms with van der Waals surface area (Å²) in [6.45, 7) is 4.14. The number of nitrogens with zero attached hydrogens (tertiary/aromatic N) is 2. The maximum absolute atomic E-state index is 5.49. The quantitative estimate of drug-likeness (QED) is 0.914. The van der Waals surface area contributed by atoms with Gasteiger partial charge in [-0.3, -0.25) is 0 Å². The third-order valence-corrected chi connectivity index (χ3v) is 3.19. The Balaban J connectivity index is 2.63. The fourth-order valence-corrected chi connectivity index (χ4v) is 2.08. The summed E-state index contributed by atoms with van der Waals surface area (Å²) in [5, 5.41) is 3.08. The highest BCUT2D eigenvalue weighted by molar-refractivity contribution is 5.72. The molecule has 0 aliphatic rings. The van der Waals surface area contributed by atoms with E-state index in [4.69, 9.17) is 9.47 Å². The van der Waals surface area contributed by atoms with Crippen LogP contribution in [0.4, 0.5) is 5.82 Å². The maximum Gasteiger partial charge on any atom is 0.170 e. The van der Waals surface area contributed by atoms with Crippen molar-refractivity contribution in [3.63, 3.8) is 0 Å². The number of ether oxygens (including phenoxy) is 2. The fourth-order valence-electron chi connectivity index (χ4n) is 2.08. The molecule has 1 aromatic carbocycles. The molecule has 5 heteroatoms. The topological polar surface area (TPSA) is 56.3 Å². The lowest BCUT2D eigenvalue weighted by Crippen LogP contribution is -2.04. The summed E-state index contributed by atoms with van der Waals surface area (Å²) in [5.41, 5.74) is 1.70. The molecule has 5 nitrogen and oxygen atoms in total. The van der Waals surface area contributed by atoms with E-state index in [1.165, 1.54) is 0 Å². The van der Waals surface area contributed by atoms with E-state index < -0.39 is 0 Å². The summed E-state index contributed by atoms with van der Waals surface area (Å²) in [6.07, 6.45) is 0. The van der Waals surface area contributed by atoms with Gasteiger partial charge in [0.25, 0.3) is 0 Å². The molecule has 0 saturated heterocycles. The van der Waals surface area contributed by atoms with Crippen molar-refractivity contribution in [2.45, 2.75) is 19.8 Å². The predicted octanol–water partition coefficient (Wildman–Crippen LogP) is 3.33. The number of methoxy groups -OCH3 is 2. The normalized spacial score (nSPS) is 10.6. The molecule has 0 spiro atoms. The Bertz CT molecular complexity index is 627. The van der Waals surface area contributed by atoms with Crippen LogP contribution in [-0.4, -0.2) is 31.2 Å². The van der Waals surface area contributed by atoms with E-state index in [0.717, 1.165) is 22.9 Å². The molecule has 0 aliphatic heterocycles. The second-order valence-electron chi connectivity index (χ2n) is 4.94. The molecule has 0 aliphatic carbocycles. The van der Waals surface area contributed by atoms with Crippen LogP contribution >= 0.6 is 0 Å². The first-order valence-electron chi connectivity index (χ1n) is 6.88. The predicted molar refractivity (Wildman–Crippen MR) is 84.2 cm³/mol. The maximum atomic E-state index is 5.49. The lowest BCUT2D eigenvalue weighted by Gasteiger charge is -2.14. The van der Waals surface area contributed by atoms with Crippen LogP contribution in [0.25, 0.3) is 11.3 Å². The first-order valence-corrected chi connectivity index (χ1v) is 6.88. The summed E-state index contributed by atoms with van der Waals surface area (Å²) in [4.78, 5) is 9.13. The second kappa shape index (κ2) is 6.43. The van der Waals surface area contributed by atoms with Gasteiger partial charge in [-0.2, -0.15) is 0 Å². The Labute approximate surface area is 125 Å². The second-order valence-corrected chi connectivity index (χ2v) is 4.94. The number of hydrogen-bond acceptors (Lipinski definition) is 5. The molecular weight excluding hydrogens is 266 g/mol. The Morgan fingerprint density at radius 1 is 1.10 bits per heavy atom. The molecule has 2 aromatic rings. The Morgan fingerprint density at radius 2 is 1.86 bits per heavy atom. The van der Waals surface area contributed by atoms with Crippen molar-refractivity contribution in [3.05, 3.63) is 30.1 Å². The molecule has 1 aromatic heterocycles. The standard InChI is InChI=1S/C16H21N3O2/c1-10(2)16-18-12(9-14(17-3)19-16)11-7-6-8-13(20-4)15(11)21-5/h6-10H,1-5H3,(H,17,18,19). The summed E-state index contributed by atoms with van der Waals surface area (Å²) >= 11 is 0. The average molecular weight is 287 g/mol. The molecule has 112 valence electrons. The lowest BCUT2D eigenvalue weighted by atomic mass is 10.1. The van der Waals surface area contributed by atoms with Gasteiger partial charge in [-0.25, -0.2) is 9.97 Å². The van der Waals surface area contributed by atoms with Crippen molar-refractivity contribution < 1.29 is 9.47 Å². The highest BCUT2D eigenvalue weighted by Crippen LogP contribution is 2.37. The van der Waals surface area contributed by atoms with Gasteiger partial charge in [0.1, 0.15) is 11.6 Å². The monoisotopic (exact) mass is 287 g/mol. The molecule has 21 heavy (non-hydrogen) atoms. The van der Waals surface area contributed by atoms with Crippen LogP contribution in [0, 0.1) is 0 Å². The molecule has 1 N–H and O–H groups in total. The van der Waals surface area contributed by atoms with Gasteiger partial charge >= 0.3 is 0 Å². The fraction of sp³-hybridized carbons (Fsp3) is 0.375. The molecule has 2 rings (SSSR count). The van der Waals surface area contributed by atoms with Crippen LogP contribution in [0.2, 0.25) is 0 Å². The molecule has 0 fully saturated rings. The minimum Gasteiger partial charge on any atom is -0.493 e. The number of rotatable bonds is 5. The van der Waals surface area contributed by atoms with Gasteiger partial charge in [0, 0.05) is 24.6 Å². The number of para-hydroxylation sites is 1. The van der Waals surface area contributed by atoms with Crippen LogP contribution < -0.4 is 14.8 Å². The Hall–Kier alpha value is -2.30. The van der Waals surface area contributed by atoms with Crippen molar-refractivity contribution in [1.82, 2.24) is 9.97 Å². The molecule has 0 atom stereocenters. The smallest absolute Gasteiger partial charge is 0.170 e. The van der Waals surface area contributed by atoms with E-state index in [1.54, 1.807) is 14.2 Å². The van der Waals surface area contributed by atoms with E-state index in [2.05, 4.69) is 29.1 Å². The number of nitrogens with one attached hydrogen (secondary N) is 1. The van der Waals surface area contributed by atoms with Crippen molar-refractivity contribution in [2.24, 2.45) is 0 Å². The van der Waals surface area contributed by atoms with Crippen molar-refractivity contribution in [3.8, 4) is 22.8 Å². The van der Waals surface area contributed by atoms with E-state index in [1.807, 2.05) is 31.3 Å². The average Bonchev–Trinajstić information content (AvgIpc) is 2.53. The van der Waals surface area contributed by atoms with Gasteiger partial charge in [-0.05, 0) is 12.1 Å². The zero-order valence-electron chi connectivity index (χ0n) is 13.1. The van der Waals surface area contributed by atoms with Gasteiger partial charge in [0.15, 0.2) is 11.5 Å². The first-order chi connectivity index (χ1) is 10.1.